The average Bonchev–Trinajstić information content (AvgIpc) is 2.47. The third-order valence-electron chi connectivity index (χ3n) is 2.44. The maximum atomic E-state index is 5.24. The summed E-state index contributed by atoms with van der Waals surface area (Å²) in [5, 5.41) is 3.88. The normalized spacial score (nSPS) is 22.8. The zero-order valence-corrected chi connectivity index (χ0v) is 8.20. The van der Waals surface area contributed by atoms with E-state index in [1.54, 1.807) is 7.11 Å². The first-order valence-electron chi connectivity index (χ1n) is 4.43. The van der Waals surface area contributed by atoms with Crippen molar-refractivity contribution in [2.75, 3.05) is 20.7 Å². The highest BCUT2D eigenvalue weighted by atomic mass is 16.5. The van der Waals surface area contributed by atoms with Gasteiger partial charge in [-0.2, -0.15) is 0 Å². The maximum Gasteiger partial charge on any atom is 0.258 e. The number of aromatic nitrogens is 1. The summed E-state index contributed by atoms with van der Waals surface area (Å²) in [6.45, 7) is 4.02. The summed E-state index contributed by atoms with van der Waals surface area (Å²) in [7, 11) is 3.71. The molecule has 0 radical (unpaired) electrons. The molecule has 4 nitrogen and oxygen atoms in total. The molecule has 1 aliphatic rings. The van der Waals surface area contributed by atoms with E-state index in [-0.39, 0.29) is 0 Å². The zero-order chi connectivity index (χ0) is 9.42. The molecule has 1 aromatic rings. The lowest BCUT2D eigenvalue weighted by Gasteiger charge is -2.25. The molecule has 1 unspecified atom stereocenters. The van der Waals surface area contributed by atoms with E-state index in [1.807, 2.05) is 0 Å². The van der Waals surface area contributed by atoms with E-state index >= 15 is 0 Å². The predicted molar refractivity (Wildman–Crippen MR) is 47.8 cm³/mol. The van der Waals surface area contributed by atoms with E-state index in [0.717, 1.165) is 24.4 Å². The van der Waals surface area contributed by atoms with Gasteiger partial charge in [-0.3, -0.25) is 0 Å². The Morgan fingerprint density at radius 1 is 1.62 bits per heavy atom. The molecule has 13 heavy (non-hydrogen) atoms. The highest BCUT2D eigenvalue weighted by Gasteiger charge is 2.28. The first-order valence-corrected chi connectivity index (χ1v) is 4.43. The molecule has 2 rings (SSSR count). The number of ether oxygens (including phenoxy) is 1. The van der Waals surface area contributed by atoms with Crippen LogP contribution in [0.15, 0.2) is 4.52 Å². The Labute approximate surface area is 77.5 Å². The average molecular weight is 182 g/mol. The number of likely N-dealkylation sites (N-methyl/N-ethyl adjacent to an activating group) is 1. The second-order valence-electron chi connectivity index (χ2n) is 3.63. The van der Waals surface area contributed by atoms with E-state index in [1.165, 1.54) is 0 Å². The minimum Gasteiger partial charge on any atom is -0.479 e. The number of fused-ring (bicyclic) bond motifs is 1. The molecular formula is C9H14N2O2. The first-order chi connectivity index (χ1) is 6.22. The summed E-state index contributed by atoms with van der Waals surface area (Å²) in [6.07, 6.45) is 0. The van der Waals surface area contributed by atoms with Gasteiger partial charge in [0.15, 0.2) is 0 Å². The molecule has 0 saturated heterocycles. The Morgan fingerprint density at radius 3 is 3.08 bits per heavy atom. The fourth-order valence-corrected chi connectivity index (χ4v) is 1.88. The third-order valence-corrected chi connectivity index (χ3v) is 2.44. The van der Waals surface area contributed by atoms with Crippen LogP contribution in [-0.2, 0) is 6.54 Å². The topological polar surface area (TPSA) is 38.5 Å². The molecule has 1 atom stereocenters. The Kier molecular flexibility index (Phi) is 2.00. The van der Waals surface area contributed by atoms with Gasteiger partial charge in [-0.1, -0.05) is 6.92 Å². The third kappa shape index (κ3) is 1.31. The molecule has 2 heterocycles. The minimum absolute atomic E-state index is 0.408. The molecule has 0 spiro atoms. The Hall–Kier alpha value is -1.03. The van der Waals surface area contributed by atoms with Crippen LogP contribution in [-0.4, -0.2) is 30.8 Å². The minimum atomic E-state index is 0.408. The molecule has 1 aliphatic heterocycles. The van der Waals surface area contributed by atoms with Gasteiger partial charge in [-0.25, -0.2) is 0 Å². The SMILES string of the molecule is COc1noc2c1CN(C)CC2C. The Balaban J connectivity index is 2.40. The Bertz CT molecular complexity index is 309. The number of nitrogens with zero attached hydrogens (tertiary/aromatic N) is 2. The smallest absolute Gasteiger partial charge is 0.258 e. The zero-order valence-electron chi connectivity index (χ0n) is 8.20. The van der Waals surface area contributed by atoms with Crippen molar-refractivity contribution in [1.29, 1.82) is 0 Å². The summed E-state index contributed by atoms with van der Waals surface area (Å²) in [5.74, 6) is 2.02. The van der Waals surface area contributed by atoms with Crippen LogP contribution in [0.5, 0.6) is 5.88 Å². The monoisotopic (exact) mass is 182 g/mol. The van der Waals surface area contributed by atoms with Crippen LogP contribution in [0.1, 0.15) is 24.2 Å². The van der Waals surface area contributed by atoms with Gasteiger partial charge in [0.2, 0.25) is 0 Å². The second kappa shape index (κ2) is 3.03. The van der Waals surface area contributed by atoms with Crippen molar-refractivity contribution in [2.24, 2.45) is 0 Å². The van der Waals surface area contributed by atoms with E-state index in [0.29, 0.717) is 11.8 Å². The highest BCUT2D eigenvalue weighted by Crippen LogP contribution is 2.32. The van der Waals surface area contributed by atoms with Crippen LogP contribution in [0, 0.1) is 0 Å². The van der Waals surface area contributed by atoms with Crippen molar-refractivity contribution in [1.82, 2.24) is 10.1 Å². The van der Waals surface area contributed by atoms with Crippen LogP contribution in [0.25, 0.3) is 0 Å². The van der Waals surface area contributed by atoms with Gasteiger partial charge in [-0.05, 0) is 12.2 Å². The van der Waals surface area contributed by atoms with Crippen LogP contribution >= 0.6 is 0 Å². The van der Waals surface area contributed by atoms with Crippen molar-refractivity contribution in [3.63, 3.8) is 0 Å². The summed E-state index contributed by atoms with van der Waals surface area (Å²) >= 11 is 0. The molecule has 4 heteroatoms. The van der Waals surface area contributed by atoms with Gasteiger partial charge >= 0.3 is 0 Å². The summed E-state index contributed by atoms with van der Waals surface area (Å²) in [6, 6.07) is 0. The lowest BCUT2D eigenvalue weighted by molar-refractivity contribution is 0.252. The van der Waals surface area contributed by atoms with Crippen molar-refractivity contribution in [3.05, 3.63) is 11.3 Å². The molecule has 0 aliphatic carbocycles. The molecule has 0 N–H and O–H groups in total. The second-order valence-corrected chi connectivity index (χ2v) is 3.63. The fraction of sp³-hybridized carbons (Fsp3) is 0.667. The first kappa shape index (κ1) is 8.56. The van der Waals surface area contributed by atoms with Crippen molar-refractivity contribution in [3.8, 4) is 5.88 Å². The van der Waals surface area contributed by atoms with Crippen molar-refractivity contribution >= 4 is 0 Å². The molecule has 0 bridgehead atoms. The number of hydrogen-bond acceptors (Lipinski definition) is 4. The van der Waals surface area contributed by atoms with E-state index in [4.69, 9.17) is 9.26 Å². The van der Waals surface area contributed by atoms with Gasteiger partial charge < -0.3 is 14.2 Å². The van der Waals surface area contributed by atoms with Crippen molar-refractivity contribution < 1.29 is 9.26 Å². The molecule has 0 fully saturated rings. The van der Waals surface area contributed by atoms with E-state index < -0.39 is 0 Å². The van der Waals surface area contributed by atoms with Gasteiger partial charge in [0.1, 0.15) is 5.76 Å². The number of rotatable bonds is 1. The van der Waals surface area contributed by atoms with Crippen LogP contribution in [0.4, 0.5) is 0 Å². The van der Waals surface area contributed by atoms with Crippen molar-refractivity contribution in [2.45, 2.75) is 19.4 Å². The molecule has 1 aromatic heterocycles. The van der Waals surface area contributed by atoms with E-state index in [9.17, 15) is 0 Å². The van der Waals surface area contributed by atoms with Gasteiger partial charge in [0.05, 0.1) is 12.7 Å². The lowest BCUT2D eigenvalue weighted by Crippen LogP contribution is -2.28. The van der Waals surface area contributed by atoms with E-state index in [2.05, 4.69) is 24.0 Å². The standard InChI is InChI=1S/C9H14N2O2/c1-6-4-11(2)5-7-8(6)13-10-9(7)12-3/h6H,4-5H2,1-3H3. The number of methoxy groups -OCH3 is 1. The van der Waals surface area contributed by atoms with Crippen LogP contribution < -0.4 is 4.74 Å². The largest absolute Gasteiger partial charge is 0.479 e. The maximum absolute atomic E-state index is 5.24. The predicted octanol–water partition coefficient (Wildman–Crippen LogP) is 1.23. The highest BCUT2D eigenvalue weighted by molar-refractivity contribution is 5.32. The molecule has 0 aromatic carbocycles. The van der Waals surface area contributed by atoms with Gasteiger partial charge in [-0.15, -0.1) is 0 Å². The van der Waals surface area contributed by atoms with Crippen LogP contribution in [0.3, 0.4) is 0 Å². The molecule has 72 valence electrons. The van der Waals surface area contributed by atoms with Crippen LogP contribution in [0.2, 0.25) is 0 Å². The summed E-state index contributed by atoms with van der Waals surface area (Å²) in [4.78, 5) is 2.24. The molecule has 0 amide bonds. The fourth-order valence-electron chi connectivity index (χ4n) is 1.88. The quantitative estimate of drug-likeness (QED) is 0.654. The summed E-state index contributed by atoms with van der Waals surface area (Å²) < 4.78 is 10.4. The lowest BCUT2D eigenvalue weighted by atomic mass is 10.00. The van der Waals surface area contributed by atoms with Gasteiger partial charge in [0, 0.05) is 19.0 Å². The van der Waals surface area contributed by atoms with Gasteiger partial charge in [0.25, 0.3) is 5.88 Å². The Morgan fingerprint density at radius 2 is 2.38 bits per heavy atom. The molecular weight excluding hydrogens is 168 g/mol. The molecule has 0 saturated carbocycles. The summed E-state index contributed by atoms with van der Waals surface area (Å²) in [5.41, 5.74) is 1.10. The number of hydrogen-bond donors (Lipinski definition) is 0.